The minimum absolute atomic E-state index is 0.0542. The standard InChI is InChI=1S/C40H37N5O6/c1-23-14-30-32(41-22-29-17-26-16-27(43(3)24(2)46)10-11-35(26)45(29)39(30)47)19-36(23)50-12-7-13-51-38-20-33-31(18-37(38)49-4)40(48)44-28(21-42-33)15-25-8-5-6-9-34(25)44/h5-6,8-11,14,16,18-22,28-29H,7,12-13,15,17H2,1-4H3/t28-,29-/m0/s1. The van der Waals surface area contributed by atoms with Crippen LogP contribution in [0.15, 0.2) is 76.7 Å². The number of ether oxygens (including phenoxy) is 3. The van der Waals surface area contributed by atoms with Gasteiger partial charge in [-0.2, -0.15) is 0 Å². The zero-order valence-corrected chi connectivity index (χ0v) is 28.9. The van der Waals surface area contributed by atoms with Gasteiger partial charge in [-0.25, -0.2) is 0 Å². The number of aryl methyl sites for hydroxylation is 1. The Hall–Kier alpha value is -5.97. The van der Waals surface area contributed by atoms with Crippen molar-refractivity contribution in [2.75, 3.05) is 42.1 Å². The van der Waals surface area contributed by atoms with Crippen molar-refractivity contribution in [3.8, 4) is 17.2 Å². The zero-order chi connectivity index (χ0) is 35.4. The summed E-state index contributed by atoms with van der Waals surface area (Å²) in [5, 5.41) is 0. The Balaban J connectivity index is 0.921. The third-order valence-corrected chi connectivity index (χ3v) is 10.0. The Morgan fingerprint density at radius 1 is 0.784 bits per heavy atom. The second kappa shape index (κ2) is 12.7. The first-order valence-corrected chi connectivity index (χ1v) is 17.0. The Labute approximate surface area is 295 Å². The van der Waals surface area contributed by atoms with E-state index >= 15 is 0 Å². The fourth-order valence-corrected chi connectivity index (χ4v) is 7.25. The van der Waals surface area contributed by atoms with Gasteiger partial charge in [-0.15, -0.1) is 0 Å². The fourth-order valence-electron chi connectivity index (χ4n) is 7.25. The van der Waals surface area contributed by atoms with Crippen LogP contribution >= 0.6 is 0 Å². The SMILES string of the molecule is COc1cc2c(cc1OCCCOc1cc3c(cc1C)C(=O)N1c4ccc(N(C)C(C)=O)cc4C[C@H]1C=N3)N=C[C@@H]1Cc3ccccc3N1C2=O. The molecule has 258 valence electrons. The zero-order valence-electron chi connectivity index (χ0n) is 28.9. The number of methoxy groups -OCH3 is 1. The third kappa shape index (κ3) is 5.58. The number of aliphatic imine (C=N–C) groups is 2. The number of anilines is 3. The molecule has 0 fully saturated rings. The molecule has 0 aromatic heterocycles. The lowest BCUT2D eigenvalue weighted by atomic mass is 10.1. The van der Waals surface area contributed by atoms with Crippen LogP contribution < -0.4 is 28.9 Å². The van der Waals surface area contributed by atoms with E-state index in [1.165, 1.54) is 6.92 Å². The highest BCUT2D eigenvalue weighted by Crippen LogP contribution is 2.42. The summed E-state index contributed by atoms with van der Waals surface area (Å²) in [4.78, 5) is 54.1. The van der Waals surface area contributed by atoms with Crippen LogP contribution in [-0.2, 0) is 17.6 Å². The summed E-state index contributed by atoms with van der Waals surface area (Å²) in [6, 6.07) is 20.5. The molecule has 0 aliphatic carbocycles. The quantitative estimate of drug-likeness (QED) is 0.199. The van der Waals surface area contributed by atoms with Crippen LogP contribution in [0.5, 0.6) is 17.2 Å². The summed E-state index contributed by atoms with van der Waals surface area (Å²) in [7, 11) is 3.29. The first kappa shape index (κ1) is 32.2. The summed E-state index contributed by atoms with van der Waals surface area (Å²) < 4.78 is 17.9. The van der Waals surface area contributed by atoms with Gasteiger partial charge in [0.25, 0.3) is 11.8 Å². The Bertz CT molecular complexity index is 2180. The Morgan fingerprint density at radius 2 is 1.39 bits per heavy atom. The highest BCUT2D eigenvalue weighted by atomic mass is 16.5. The van der Waals surface area contributed by atoms with Crippen molar-refractivity contribution >= 4 is 58.6 Å². The molecular weight excluding hydrogens is 646 g/mol. The third-order valence-electron chi connectivity index (χ3n) is 10.0. The summed E-state index contributed by atoms with van der Waals surface area (Å²) in [6.45, 7) is 4.16. The minimum Gasteiger partial charge on any atom is -0.493 e. The molecule has 0 saturated carbocycles. The number of para-hydroxylation sites is 1. The van der Waals surface area contributed by atoms with Crippen LogP contribution in [0.4, 0.5) is 28.4 Å². The van der Waals surface area contributed by atoms with Crippen LogP contribution in [0.25, 0.3) is 0 Å². The smallest absolute Gasteiger partial charge is 0.261 e. The molecule has 0 unspecified atom stereocenters. The van der Waals surface area contributed by atoms with Gasteiger partial charge in [0, 0.05) is 74.9 Å². The lowest BCUT2D eigenvalue weighted by Crippen LogP contribution is -2.37. The van der Waals surface area contributed by atoms with Gasteiger partial charge in [0.2, 0.25) is 5.91 Å². The molecule has 4 aromatic carbocycles. The first-order chi connectivity index (χ1) is 24.7. The van der Waals surface area contributed by atoms with Crippen LogP contribution in [-0.4, -0.2) is 69.6 Å². The molecule has 0 bridgehead atoms. The van der Waals surface area contributed by atoms with Gasteiger partial charge in [0.1, 0.15) is 5.75 Å². The molecule has 4 aromatic rings. The first-order valence-electron chi connectivity index (χ1n) is 17.0. The van der Waals surface area contributed by atoms with Gasteiger partial charge in [0.05, 0.1) is 54.9 Å². The lowest BCUT2D eigenvalue weighted by Gasteiger charge is -2.22. The molecule has 0 saturated heterocycles. The van der Waals surface area contributed by atoms with E-state index in [0.29, 0.717) is 65.8 Å². The molecule has 0 radical (unpaired) electrons. The molecule has 51 heavy (non-hydrogen) atoms. The molecular formula is C40H37N5O6. The van der Waals surface area contributed by atoms with Crippen molar-refractivity contribution < 1.29 is 28.6 Å². The maximum absolute atomic E-state index is 13.9. The second-order valence-electron chi connectivity index (χ2n) is 13.2. The minimum atomic E-state index is -0.220. The molecule has 3 amide bonds. The molecule has 0 spiro atoms. The van der Waals surface area contributed by atoms with Gasteiger partial charge in [-0.05, 0) is 60.0 Å². The van der Waals surface area contributed by atoms with Crippen molar-refractivity contribution in [3.63, 3.8) is 0 Å². The average Bonchev–Trinajstić information content (AvgIpc) is 3.62. The monoisotopic (exact) mass is 683 g/mol. The van der Waals surface area contributed by atoms with E-state index in [0.717, 1.165) is 40.2 Å². The van der Waals surface area contributed by atoms with Crippen molar-refractivity contribution in [1.82, 2.24) is 0 Å². The molecule has 2 atom stereocenters. The number of nitrogens with zero attached hydrogens (tertiary/aromatic N) is 5. The number of amides is 3. The van der Waals surface area contributed by atoms with Gasteiger partial charge in [-0.3, -0.25) is 34.2 Å². The van der Waals surface area contributed by atoms with E-state index in [1.807, 2.05) is 78.9 Å². The maximum Gasteiger partial charge on any atom is 0.261 e. The number of fused-ring (bicyclic) bond motifs is 8. The van der Waals surface area contributed by atoms with E-state index in [4.69, 9.17) is 19.2 Å². The van der Waals surface area contributed by atoms with Crippen LogP contribution in [0, 0.1) is 6.92 Å². The number of benzene rings is 4. The van der Waals surface area contributed by atoms with Crippen LogP contribution in [0.2, 0.25) is 0 Å². The summed E-state index contributed by atoms with van der Waals surface area (Å²) >= 11 is 0. The predicted molar refractivity (Wildman–Crippen MR) is 197 cm³/mol. The molecule has 4 aliphatic rings. The molecule has 11 heteroatoms. The summed E-state index contributed by atoms with van der Waals surface area (Å²) in [6.07, 6.45) is 5.57. The van der Waals surface area contributed by atoms with Gasteiger partial charge < -0.3 is 19.1 Å². The second-order valence-corrected chi connectivity index (χ2v) is 13.2. The number of carbonyl (C=O) groups is 3. The molecule has 0 N–H and O–H groups in total. The molecule has 4 heterocycles. The normalized spacial score (nSPS) is 17.8. The van der Waals surface area contributed by atoms with E-state index in [1.54, 1.807) is 36.1 Å². The highest BCUT2D eigenvalue weighted by molar-refractivity contribution is 6.16. The molecule has 11 nitrogen and oxygen atoms in total. The van der Waals surface area contributed by atoms with Crippen molar-refractivity contribution in [1.29, 1.82) is 0 Å². The van der Waals surface area contributed by atoms with E-state index in [2.05, 4.69) is 4.99 Å². The average molecular weight is 684 g/mol. The number of hydrogen-bond acceptors (Lipinski definition) is 8. The summed E-state index contributed by atoms with van der Waals surface area (Å²) in [5.41, 5.74) is 7.59. The van der Waals surface area contributed by atoms with Gasteiger partial charge >= 0.3 is 0 Å². The van der Waals surface area contributed by atoms with Crippen molar-refractivity contribution in [2.45, 2.75) is 45.2 Å². The fraction of sp³-hybridized carbons (Fsp3) is 0.275. The summed E-state index contributed by atoms with van der Waals surface area (Å²) in [5.74, 6) is 1.32. The number of hydrogen-bond donors (Lipinski definition) is 0. The Morgan fingerprint density at radius 3 is 2.08 bits per heavy atom. The number of carbonyl (C=O) groups excluding carboxylic acids is 3. The van der Waals surface area contributed by atoms with Crippen LogP contribution in [0.1, 0.15) is 50.8 Å². The topological polar surface area (TPSA) is 113 Å². The number of rotatable bonds is 8. The van der Waals surface area contributed by atoms with Crippen molar-refractivity contribution in [3.05, 3.63) is 94.5 Å². The molecule has 8 rings (SSSR count). The van der Waals surface area contributed by atoms with Crippen molar-refractivity contribution in [2.24, 2.45) is 9.98 Å². The molecule has 4 aliphatic heterocycles. The van der Waals surface area contributed by atoms with E-state index in [-0.39, 0.29) is 29.8 Å². The van der Waals surface area contributed by atoms with Crippen LogP contribution in [0.3, 0.4) is 0 Å². The largest absolute Gasteiger partial charge is 0.493 e. The maximum atomic E-state index is 13.9. The highest BCUT2D eigenvalue weighted by Gasteiger charge is 2.38. The van der Waals surface area contributed by atoms with Gasteiger partial charge in [-0.1, -0.05) is 18.2 Å². The Kier molecular flexibility index (Phi) is 8.05. The van der Waals surface area contributed by atoms with E-state index in [9.17, 15) is 14.4 Å². The predicted octanol–water partition coefficient (Wildman–Crippen LogP) is 6.41. The van der Waals surface area contributed by atoms with E-state index < -0.39 is 0 Å². The lowest BCUT2D eigenvalue weighted by molar-refractivity contribution is -0.116. The van der Waals surface area contributed by atoms with Gasteiger partial charge in [0.15, 0.2) is 11.5 Å².